The summed E-state index contributed by atoms with van der Waals surface area (Å²) in [5.74, 6) is 7.69. The molecule has 0 amide bonds. The Bertz CT molecular complexity index is 345. The van der Waals surface area contributed by atoms with E-state index in [9.17, 15) is 0 Å². The van der Waals surface area contributed by atoms with Crippen molar-refractivity contribution >= 4 is 11.6 Å². The molecule has 0 aromatic carbocycles. The highest BCUT2D eigenvalue weighted by Gasteiger charge is 2.22. The summed E-state index contributed by atoms with van der Waals surface area (Å²) in [6, 6.07) is 0.591. The summed E-state index contributed by atoms with van der Waals surface area (Å²) in [4.78, 5) is 8.54. The van der Waals surface area contributed by atoms with Crippen LogP contribution in [0.25, 0.3) is 0 Å². The molecule has 0 atom stereocenters. The van der Waals surface area contributed by atoms with E-state index in [1.165, 1.54) is 12.8 Å². The zero-order valence-electron chi connectivity index (χ0n) is 8.46. The van der Waals surface area contributed by atoms with E-state index in [4.69, 9.17) is 5.84 Å². The molecular formula is C9H15N5. The van der Waals surface area contributed by atoms with Crippen LogP contribution in [0.5, 0.6) is 0 Å². The second kappa shape index (κ2) is 3.42. The Morgan fingerprint density at radius 2 is 1.86 bits per heavy atom. The van der Waals surface area contributed by atoms with Crippen LogP contribution in [0, 0.1) is 13.8 Å². The van der Waals surface area contributed by atoms with Gasteiger partial charge in [-0.2, -0.15) is 0 Å². The average Bonchev–Trinajstić information content (AvgIpc) is 2.94. The van der Waals surface area contributed by atoms with Crippen LogP contribution in [0.2, 0.25) is 0 Å². The number of anilines is 2. The highest BCUT2D eigenvalue weighted by Crippen LogP contribution is 2.27. The third-order valence-corrected chi connectivity index (χ3v) is 2.31. The lowest BCUT2D eigenvalue weighted by molar-refractivity contribution is 0.997. The topological polar surface area (TPSA) is 75.9 Å². The van der Waals surface area contributed by atoms with Crippen molar-refractivity contribution in [3.8, 4) is 0 Å². The molecule has 1 aliphatic rings. The molecule has 76 valence electrons. The third-order valence-electron chi connectivity index (χ3n) is 2.31. The molecule has 1 fully saturated rings. The number of hydrogen-bond acceptors (Lipinski definition) is 5. The fraction of sp³-hybridized carbons (Fsp3) is 0.556. The van der Waals surface area contributed by atoms with E-state index < -0.39 is 0 Å². The van der Waals surface area contributed by atoms with Gasteiger partial charge in [-0.1, -0.05) is 0 Å². The Morgan fingerprint density at radius 3 is 2.43 bits per heavy atom. The van der Waals surface area contributed by atoms with Crippen molar-refractivity contribution in [3.05, 3.63) is 11.4 Å². The summed E-state index contributed by atoms with van der Waals surface area (Å²) in [6.07, 6.45) is 2.46. The average molecular weight is 193 g/mol. The van der Waals surface area contributed by atoms with Gasteiger partial charge in [0.2, 0.25) is 0 Å². The number of nitrogen functional groups attached to an aromatic ring is 1. The first-order chi connectivity index (χ1) is 6.70. The van der Waals surface area contributed by atoms with Crippen molar-refractivity contribution < 1.29 is 0 Å². The molecule has 14 heavy (non-hydrogen) atoms. The number of hydrogen-bond donors (Lipinski definition) is 3. The van der Waals surface area contributed by atoms with Gasteiger partial charge in [0.15, 0.2) is 0 Å². The number of nitrogens with zero attached hydrogens (tertiary/aromatic N) is 2. The van der Waals surface area contributed by atoms with Crippen molar-refractivity contribution in [2.45, 2.75) is 32.7 Å². The first-order valence-corrected chi connectivity index (χ1v) is 4.79. The second-order valence-corrected chi connectivity index (χ2v) is 3.66. The van der Waals surface area contributed by atoms with Gasteiger partial charge in [-0.25, -0.2) is 15.8 Å². The lowest BCUT2D eigenvalue weighted by atomic mass is 10.3. The largest absolute Gasteiger partial charge is 0.367 e. The number of nitrogens with one attached hydrogen (secondary N) is 2. The number of nitrogens with two attached hydrogens (primary N) is 1. The van der Waals surface area contributed by atoms with E-state index in [-0.39, 0.29) is 0 Å². The van der Waals surface area contributed by atoms with Crippen molar-refractivity contribution in [2.24, 2.45) is 5.84 Å². The summed E-state index contributed by atoms with van der Waals surface area (Å²) >= 11 is 0. The number of aromatic nitrogens is 2. The zero-order valence-corrected chi connectivity index (χ0v) is 8.46. The molecule has 1 aromatic heterocycles. The summed E-state index contributed by atoms with van der Waals surface area (Å²) in [6.45, 7) is 3.82. The molecular weight excluding hydrogens is 178 g/mol. The monoisotopic (exact) mass is 193 g/mol. The minimum atomic E-state index is 0.591. The van der Waals surface area contributed by atoms with E-state index >= 15 is 0 Å². The van der Waals surface area contributed by atoms with E-state index in [1.807, 2.05) is 13.8 Å². The van der Waals surface area contributed by atoms with Crippen molar-refractivity contribution in [1.29, 1.82) is 0 Å². The standard InChI is InChI=1S/C9H15N5/c1-5-8(13-7-3-4-7)11-6(2)12-9(5)14-10/h7H,3-4,10H2,1-2H3,(H2,11,12,13,14). The molecule has 1 heterocycles. The molecule has 5 nitrogen and oxygen atoms in total. The van der Waals surface area contributed by atoms with Crippen molar-refractivity contribution in [3.63, 3.8) is 0 Å². The van der Waals surface area contributed by atoms with Crippen LogP contribution in [-0.4, -0.2) is 16.0 Å². The molecule has 0 unspecified atom stereocenters. The first kappa shape index (κ1) is 9.21. The molecule has 4 N–H and O–H groups in total. The number of hydrazine groups is 1. The molecule has 0 radical (unpaired) electrons. The Morgan fingerprint density at radius 1 is 1.21 bits per heavy atom. The van der Waals surface area contributed by atoms with Gasteiger partial charge in [0, 0.05) is 11.6 Å². The minimum absolute atomic E-state index is 0.591. The van der Waals surface area contributed by atoms with Gasteiger partial charge in [-0.3, -0.25) is 0 Å². The second-order valence-electron chi connectivity index (χ2n) is 3.66. The van der Waals surface area contributed by atoms with Gasteiger partial charge >= 0.3 is 0 Å². The van der Waals surface area contributed by atoms with E-state index in [0.29, 0.717) is 11.9 Å². The normalized spacial score (nSPS) is 15.4. The van der Waals surface area contributed by atoms with E-state index in [2.05, 4.69) is 20.7 Å². The van der Waals surface area contributed by atoms with Crippen molar-refractivity contribution in [2.75, 3.05) is 10.7 Å². The van der Waals surface area contributed by atoms with Gasteiger partial charge in [0.05, 0.1) is 0 Å². The molecule has 0 bridgehead atoms. The Hall–Kier alpha value is -1.36. The highest BCUT2D eigenvalue weighted by atomic mass is 15.3. The molecule has 2 rings (SSSR count). The van der Waals surface area contributed by atoms with Crippen LogP contribution in [0.1, 0.15) is 24.2 Å². The van der Waals surface area contributed by atoms with Gasteiger partial charge in [-0.05, 0) is 26.7 Å². The predicted octanol–water partition coefficient (Wildman–Crippen LogP) is 0.953. The van der Waals surface area contributed by atoms with Gasteiger partial charge in [0.25, 0.3) is 0 Å². The maximum Gasteiger partial charge on any atom is 0.148 e. The number of rotatable bonds is 3. The minimum Gasteiger partial charge on any atom is -0.367 e. The maximum atomic E-state index is 5.37. The molecule has 0 spiro atoms. The lowest BCUT2D eigenvalue weighted by Crippen LogP contribution is -2.14. The first-order valence-electron chi connectivity index (χ1n) is 4.79. The SMILES string of the molecule is Cc1nc(NN)c(C)c(NC2CC2)n1. The van der Waals surface area contributed by atoms with E-state index in [0.717, 1.165) is 17.2 Å². The lowest BCUT2D eigenvalue weighted by Gasteiger charge is -2.11. The quantitative estimate of drug-likeness (QED) is 0.492. The van der Waals surface area contributed by atoms with E-state index in [1.54, 1.807) is 0 Å². The molecule has 0 aliphatic heterocycles. The fourth-order valence-corrected chi connectivity index (χ4v) is 1.33. The maximum absolute atomic E-state index is 5.37. The van der Waals surface area contributed by atoms with Crippen LogP contribution in [-0.2, 0) is 0 Å². The van der Waals surface area contributed by atoms with Crippen LogP contribution in [0.4, 0.5) is 11.6 Å². The van der Waals surface area contributed by atoms with Crippen LogP contribution >= 0.6 is 0 Å². The van der Waals surface area contributed by atoms with Crippen LogP contribution in [0.3, 0.4) is 0 Å². The molecule has 1 saturated carbocycles. The molecule has 1 aromatic rings. The summed E-state index contributed by atoms with van der Waals surface area (Å²) in [5.41, 5.74) is 3.56. The summed E-state index contributed by atoms with van der Waals surface area (Å²) < 4.78 is 0. The Labute approximate surface area is 83.1 Å². The Balaban J connectivity index is 2.31. The van der Waals surface area contributed by atoms with Gasteiger partial charge in [0.1, 0.15) is 17.5 Å². The third kappa shape index (κ3) is 1.77. The molecule has 1 aliphatic carbocycles. The summed E-state index contributed by atoms with van der Waals surface area (Å²) in [5, 5.41) is 3.35. The smallest absolute Gasteiger partial charge is 0.148 e. The Kier molecular flexibility index (Phi) is 2.25. The van der Waals surface area contributed by atoms with Gasteiger partial charge < -0.3 is 10.7 Å². The van der Waals surface area contributed by atoms with Crippen molar-refractivity contribution in [1.82, 2.24) is 9.97 Å². The summed E-state index contributed by atoms with van der Waals surface area (Å²) in [7, 11) is 0. The molecule has 5 heteroatoms. The highest BCUT2D eigenvalue weighted by molar-refractivity contribution is 5.57. The fourth-order valence-electron chi connectivity index (χ4n) is 1.33. The molecule has 0 saturated heterocycles. The zero-order chi connectivity index (χ0) is 10.1. The van der Waals surface area contributed by atoms with Gasteiger partial charge in [-0.15, -0.1) is 0 Å². The van der Waals surface area contributed by atoms with Crippen LogP contribution in [0.15, 0.2) is 0 Å². The number of aryl methyl sites for hydroxylation is 1. The van der Waals surface area contributed by atoms with Crippen LogP contribution < -0.4 is 16.6 Å². The predicted molar refractivity (Wildman–Crippen MR) is 56.0 cm³/mol.